The smallest absolute Gasteiger partial charge is 0.220 e. The normalized spacial score (nSPS) is 12.1. The molecular weight excluding hydrogens is 244 g/mol. The van der Waals surface area contributed by atoms with E-state index in [1.165, 1.54) is 32.1 Å². The SMILES string of the molecule is CCCCCCCCCC(=O)NC(C)CC(N)=S. The van der Waals surface area contributed by atoms with E-state index in [1.807, 2.05) is 6.92 Å². The standard InChI is InChI=1S/C14H28N2OS/c1-3-4-5-6-7-8-9-10-14(17)16-12(2)11-13(15)18/h12H,3-11H2,1-2H3,(H2,15,18)(H,16,17). The Hall–Kier alpha value is -0.640. The summed E-state index contributed by atoms with van der Waals surface area (Å²) in [6.45, 7) is 4.15. The maximum atomic E-state index is 11.6. The van der Waals surface area contributed by atoms with Crippen LogP contribution in [0.2, 0.25) is 0 Å². The average Bonchev–Trinajstić information content (AvgIpc) is 2.26. The number of thiocarbonyl (C=S) groups is 1. The van der Waals surface area contributed by atoms with Gasteiger partial charge in [-0.05, 0) is 13.3 Å². The quantitative estimate of drug-likeness (QED) is 0.448. The van der Waals surface area contributed by atoms with Crippen LogP contribution in [0.15, 0.2) is 0 Å². The van der Waals surface area contributed by atoms with Crippen molar-refractivity contribution in [1.29, 1.82) is 0 Å². The lowest BCUT2D eigenvalue weighted by atomic mass is 10.1. The van der Waals surface area contributed by atoms with E-state index in [1.54, 1.807) is 0 Å². The minimum Gasteiger partial charge on any atom is -0.393 e. The minimum atomic E-state index is 0.0551. The van der Waals surface area contributed by atoms with Gasteiger partial charge in [0.2, 0.25) is 5.91 Å². The third-order valence-corrected chi connectivity index (χ3v) is 3.09. The largest absolute Gasteiger partial charge is 0.393 e. The highest BCUT2D eigenvalue weighted by molar-refractivity contribution is 7.80. The molecule has 106 valence electrons. The van der Waals surface area contributed by atoms with Gasteiger partial charge in [-0.15, -0.1) is 0 Å². The minimum absolute atomic E-state index is 0.0551. The molecule has 0 heterocycles. The van der Waals surface area contributed by atoms with Gasteiger partial charge in [0.1, 0.15) is 0 Å². The number of hydrogen-bond donors (Lipinski definition) is 2. The maximum Gasteiger partial charge on any atom is 0.220 e. The molecule has 3 N–H and O–H groups in total. The highest BCUT2D eigenvalue weighted by Gasteiger charge is 2.07. The fourth-order valence-electron chi connectivity index (χ4n) is 1.94. The van der Waals surface area contributed by atoms with E-state index in [0.717, 1.165) is 12.8 Å². The van der Waals surface area contributed by atoms with Crippen molar-refractivity contribution in [2.24, 2.45) is 5.73 Å². The van der Waals surface area contributed by atoms with Gasteiger partial charge in [-0.25, -0.2) is 0 Å². The molecule has 0 spiro atoms. The van der Waals surface area contributed by atoms with Crippen molar-refractivity contribution in [3.8, 4) is 0 Å². The molecule has 0 aromatic carbocycles. The van der Waals surface area contributed by atoms with Crippen molar-refractivity contribution in [3.63, 3.8) is 0 Å². The Bertz CT molecular complexity index is 244. The molecule has 1 unspecified atom stereocenters. The first kappa shape index (κ1) is 17.4. The maximum absolute atomic E-state index is 11.6. The first-order chi connectivity index (χ1) is 8.56. The Kier molecular flexibility index (Phi) is 11.0. The summed E-state index contributed by atoms with van der Waals surface area (Å²) in [5.74, 6) is 0.118. The molecule has 0 aliphatic carbocycles. The fraction of sp³-hybridized carbons (Fsp3) is 0.857. The molecule has 0 fully saturated rings. The topological polar surface area (TPSA) is 55.1 Å². The Morgan fingerprint density at radius 2 is 1.72 bits per heavy atom. The summed E-state index contributed by atoms with van der Waals surface area (Å²) in [4.78, 5) is 12.0. The molecule has 1 atom stereocenters. The number of nitrogens with one attached hydrogen (secondary N) is 1. The van der Waals surface area contributed by atoms with Crippen molar-refractivity contribution in [2.45, 2.75) is 77.7 Å². The molecule has 0 bridgehead atoms. The zero-order valence-electron chi connectivity index (χ0n) is 11.8. The van der Waals surface area contributed by atoms with Crippen LogP contribution in [0.4, 0.5) is 0 Å². The molecule has 0 aliphatic rings. The van der Waals surface area contributed by atoms with Crippen LogP contribution in [0.3, 0.4) is 0 Å². The first-order valence-corrected chi connectivity index (χ1v) is 7.54. The highest BCUT2D eigenvalue weighted by Crippen LogP contribution is 2.08. The van der Waals surface area contributed by atoms with E-state index in [4.69, 9.17) is 18.0 Å². The number of unbranched alkanes of at least 4 members (excludes halogenated alkanes) is 6. The molecule has 0 aromatic heterocycles. The Labute approximate surface area is 117 Å². The van der Waals surface area contributed by atoms with Gasteiger partial charge in [-0.3, -0.25) is 4.79 Å². The Morgan fingerprint density at radius 3 is 2.28 bits per heavy atom. The van der Waals surface area contributed by atoms with E-state index in [-0.39, 0.29) is 11.9 Å². The monoisotopic (exact) mass is 272 g/mol. The molecule has 0 saturated heterocycles. The number of carbonyl (C=O) groups is 1. The van der Waals surface area contributed by atoms with Crippen molar-refractivity contribution >= 4 is 23.1 Å². The van der Waals surface area contributed by atoms with Crippen molar-refractivity contribution in [3.05, 3.63) is 0 Å². The number of nitrogens with two attached hydrogens (primary N) is 1. The molecule has 1 amide bonds. The molecule has 0 aliphatic heterocycles. The fourth-order valence-corrected chi connectivity index (χ4v) is 2.19. The van der Waals surface area contributed by atoms with Gasteiger partial charge in [0.15, 0.2) is 0 Å². The van der Waals surface area contributed by atoms with Gasteiger partial charge in [0, 0.05) is 18.9 Å². The Morgan fingerprint density at radius 1 is 1.17 bits per heavy atom. The van der Waals surface area contributed by atoms with Gasteiger partial charge in [-0.1, -0.05) is 57.7 Å². The van der Waals surface area contributed by atoms with Crippen LogP contribution >= 0.6 is 12.2 Å². The number of amides is 1. The predicted octanol–water partition coefficient (Wildman–Crippen LogP) is 3.31. The van der Waals surface area contributed by atoms with Gasteiger partial charge in [0.05, 0.1) is 4.99 Å². The third kappa shape index (κ3) is 11.8. The lowest BCUT2D eigenvalue weighted by molar-refractivity contribution is -0.121. The highest BCUT2D eigenvalue weighted by atomic mass is 32.1. The second kappa shape index (κ2) is 11.5. The number of hydrogen-bond acceptors (Lipinski definition) is 2. The van der Waals surface area contributed by atoms with Gasteiger partial charge in [0.25, 0.3) is 0 Å². The summed E-state index contributed by atoms with van der Waals surface area (Å²) in [6, 6.07) is 0.0551. The van der Waals surface area contributed by atoms with Crippen molar-refractivity contribution in [2.75, 3.05) is 0 Å². The number of carbonyl (C=O) groups excluding carboxylic acids is 1. The first-order valence-electron chi connectivity index (χ1n) is 7.14. The zero-order valence-corrected chi connectivity index (χ0v) is 12.7. The molecule has 0 saturated carbocycles. The summed E-state index contributed by atoms with van der Waals surface area (Å²) < 4.78 is 0. The van der Waals surface area contributed by atoms with Crippen LogP contribution in [0.25, 0.3) is 0 Å². The summed E-state index contributed by atoms with van der Waals surface area (Å²) in [7, 11) is 0. The Balaban J connectivity index is 3.39. The van der Waals surface area contributed by atoms with Gasteiger partial charge >= 0.3 is 0 Å². The van der Waals surface area contributed by atoms with Crippen LogP contribution in [-0.2, 0) is 4.79 Å². The van der Waals surface area contributed by atoms with Crippen LogP contribution in [0.5, 0.6) is 0 Å². The second-order valence-corrected chi connectivity index (χ2v) is 5.53. The van der Waals surface area contributed by atoms with Crippen LogP contribution < -0.4 is 11.1 Å². The molecule has 0 aromatic rings. The lowest BCUT2D eigenvalue weighted by Gasteiger charge is -2.12. The van der Waals surface area contributed by atoms with Crippen molar-refractivity contribution < 1.29 is 4.79 Å². The van der Waals surface area contributed by atoms with Gasteiger partial charge in [-0.2, -0.15) is 0 Å². The van der Waals surface area contributed by atoms with E-state index in [2.05, 4.69) is 12.2 Å². The van der Waals surface area contributed by atoms with E-state index in [0.29, 0.717) is 17.8 Å². The third-order valence-electron chi connectivity index (χ3n) is 2.92. The number of rotatable bonds is 11. The van der Waals surface area contributed by atoms with Crippen LogP contribution in [0.1, 0.15) is 71.6 Å². The molecule has 0 rings (SSSR count). The lowest BCUT2D eigenvalue weighted by Crippen LogP contribution is -2.35. The molecular formula is C14H28N2OS. The zero-order chi connectivity index (χ0) is 13.8. The molecule has 18 heavy (non-hydrogen) atoms. The van der Waals surface area contributed by atoms with Gasteiger partial charge < -0.3 is 11.1 Å². The van der Waals surface area contributed by atoms with Crippen LogP contribution in [-0.4, -0.2) is 16.9 Å². The molecule has 3 nitrogen and oxygen atoms in total. The van der Waals surface area contributed by atoms with E-state index >= 15 is 0 Å². The molecule has 4 heteroatoms. The predicted molar refractivity (Wildman–Crippen MR) is 81.6 cm³/mol. The van der Waals surface area contributed by atoms with Crippen LogP contribution in [0, 0.1) is 0 Å². The summed E-state index contributed by atoms with van der Waals surface area (Å²) in [6.07, 6.45) is 9.82. The van der Waals surface area contributed by atoms with E-state index < -0.39 is 0 Å². The second-order valence-electron chi connectivity index (χ2n) is 5.01. The summed E-state index contributed by atoms with van der Waals surface area (Å²) in [5, 5.41) is 2.92. The summed E-state index contributed by atoms with van der Waals surface area (Å²) in [5.41, 5.74) is 5.43. The average molecular weight is 272 g/mol. The molecule has 0 radical (unpaired) electrons. The van der Waals surface area contributed by atoms with Crippen molar-refractivity contribution in [1.82, 2.24) is 5.32 Å². The summed E-state index contributed by atoms with van der Waals surface area (Å²) >= 11 is 4.81. The van der Waals surface area contributed by atoms with E-state index in [9.17, 15) is 4.79 Å².